The molecule has 1 aromatic heterocycles. The van der Waals surface area contributed by atoms with Crippen LogP contribution in [-0.2, 0) is 16.0 Å². The number of aromatic nitrogens is 1. The van der Waals surface area contributed by atoms with Crippen LogP contribution in [-0.4, -0.2) is 30.2 Å². The van der Waals surface area contributed by atoms with Crippen LogP contribution >= 0.6 is 0 Å². The van der Waals surface area contributed by atoms with Gasteiger partial charge in [-0.2, -0.15) is 0 Å². The van der Waals surface area contributed by atoms with Crippen LogP contribution in [0.4, 0.5) is 5.69 Å². The second kappa shape index (κ2) is 8.92. The highest BCUT2D eigenvalue weighted by atomic mass is 16.5. The van der Waals surface area contributed by atoms with E-state index in [1.807, 2.05) is 61.5 Å². The van der Waals surface area contributed by atoms with Crippen LogP contribution in [0.2, 0.25) is 0 Å². The Morgan fingerprint density at radius 1 is 1.21 bits per heavy atom. The number of rotatable bonds is 7. The lowest BCUT2D eigenvalue weighted by Crippen LogP contribution is -2.17. The quantitative estimate of drug-likeness (QED) is 0.646. The van der Waals surface area contributed by atoms with Crippen molar-refractivity contribution < 1.29 is 18.7 Å². The smallest absolute Gasteiger partial charge is 0.230 e. The predicted octanol–water partition coefficient (Wildman–Crippen LogP) is 4.39. The molecule has 0 saturated carbocycles. The number of carbonyl (C=O) groups excluding carboxylic acids is 1. The Morgan fingerprint density at radius 3 is 2.86 bits per heavy atom. The largest absolute Gasteiger partial charge is 0.491 e. The minimum Gasteiger partial charge on any atom is -0.491 e. The van der Waals surface area contributed by atoms with Crippen molar-refractivity contribution >= 4 is 11.6 Å². The van der Waals surface area contributed by atoms with Crippen LogP contribution in [0.15, 0.2) is 59.0 Å². The van der Waals surface area contributed by atoms with Crippen molar-refractivity contribution in [3.05, 3.63) is 66.1 Å². The van der Waals surface area contributed by atoms with Crippen molar-refractivity contribution in [2.24, 2.45) is 0 Å². The van der Waals surface area contributed by atoms with Gasteiger partial charge in [0.25, 0.3) is 0 Å². The van der Waals surface area contributed by atoms with Gasteiger partial charge in [0, 0.05) is 23.9 Å². The van der Waals surface area contributed by atoms with Crippen LogP contribution in [0.5, 0.6) is 5.75 Å². The molecule has 0 bridgehead atoms. The summed E-state index contributed by atoms with van der Waals surface area (Å²) in [7, 11) is 0. The summed E-state index contributed by atoms with van der Waals surface area (Å²) in [6.45, 7) is 3.15. The molecule has 0 radical (unpaired) electrons. The lowest BCUT2D eigenvalue weighted by Gasteiger charge is -2.12. The number of aryl methyl sites for hydroxylation is 1. The SMILES string of the molecule is Cc1oc(-c2ccccc2)nc1CC(=O)Nc1cccc(OCC2CCCO2)c1. The van der Waals surface area contributed by atoms with Gasteiger partial charge in [0.15, 0.2) is 0 Å². The van der Waals surface area contributed by atoms with E-state index in [4.69, 9.17) is 13.9 Å². The molecule has 1 unspecified atom stereocenters. The van der Waals surface area contributed by atoms with Gasteiger partial charge in [-0.05, 0) is 44.0 Å². The maximum atomic E-state index is 12.5. The highest BCUT2D eigenvalue weighted by molar-refractivity contribution is 5.92. The zero-order valence-electron chi connectivity index (χ0n) is 16.4. The van der Waals surface area contributed by atoms with Gasteiger partial charge < -0.3 is 19.2 Å². The van der Waals surface area contributed by atoms with Crippen LogP contribution < -0.4 is 10.1 Å². The Bertz CT molecular complexity index is 962. The molecule has 1 amide bonds. The molecule has 2 aromatic carbocycles. The Balaban J connectivity index is 1.36. The molecule has 2 heterocycles. The maximum absolute atomic E-state index is 12.5. The highest BCUT2D eigenvalue weighted by Crippen LogP contribution is 2.23. The number of oxazole rings is 1. The average molecular weight is 392 g/mol. The molecule has 4 rings (SSSR count). The second-order valence-corrected chi connectivity index (χ2v) is 7.09. The number of nitrogens with one attached hydrogen (secondary N) is 1. The molecule has 1 atom stereocenters. The fourth-order valence-electron chi connectivity index (χ4n) is 3.28. The number of carbonyl (C=O) groups is 1. The van der Waals surface area contributed by atoms with E-state index in [2.05, 4.69) is 10.3 Å². The summed E-state index contributed by atoms with van der Waals surface area (Å²) in [5.74, 6) is 1.72. The normalized spacial score (nSPS) is 16.0. The molecule has 1 fully saturated rings. The first-order valence-corrected chi connectivity index (χ1v) is 9.83. The van der Waals surface area contributed by atoms with Gasteiger partial charge >= 0.3 is 0 Å². The minimum atomic E-state index is -0.155. The predicted molar refractivity (Wildman–Crippen MR) is 110 cm³/mol. The monoisotopic (exact) mass is 392 g/mol. The molecule has 1 N–H and O–H groups in total. The zero-order chi connectivity index (χ0) is 20.1. The first kappa shape index (κ1) is 19.2. The number of hydrogen-bond acceptors (Lipinski definition) is 5. The lowest BCUT2D eigenvalue weighted by atomic mass is 10.2. The van der Waals surface area contributed by atoms with Gasteiger partial charge in [0.1, 0.15) is 18.1 Å². The van der Waals surface area contributed by atoms with E-state index in [0.29, 0.717) is 35.4 Å². The highest BCUT2D eigenvalue weighted by Gasteiger charge is 2.17. The third kappa shape index (κ3) is 5.03. The molecule has 6 nitrogen and oxygen atoms in total. The summed E-state index contributed by atoms with van der Waals surface area (Å²) >= 11 is 0. The third-order valence-electron chi connectivity index (χ3n) is 4.82. The van der Waals surface area contributed by atoms with Gasteiger partial charge in [0.05, 0.1) is 18.2 Å². The van der Waals surface area contributed by atoms with Crippen molar-refractivity contribution in [1.29, 1.82) is 0 Å². The molecular formula is C23H24N2O4. The Hall–Kier alpha value is -3.12. The number of amides is 1. The van der Waals surface area contributed by atoms with Crippen molar-refractivity contribution in [3.63, 3.8) is 0 Å². The molecule has 1 saturated heterocycles. The van der Waals surface area contributed by atoms with Gasteiger partial charge in [-0.3, -0.25) is 4.79 Å². The van der Waals surface area contributed by atoms with Gasteiger partial charge in [-0.25, -0.2) is 4.98 Å². The number of nitrogens with zero attached hydrogens (tertiary/aromatic N) is 1. The molecule has 1 aliphatic rings. The van der Waals surface area contributed by atoms with E-state index in [9.17, 15) is 4.79 Å². The summed E-state index contributed by atoms with van der Waals surface area (Å²) in [5.41, 5.74) is 2.20. The molecule has 0 aliphatic carbocycles. The fourth-order valence-corrected chi connectivity index (χ4v) is 3.28. The fraction of sp³-hybridized carbons (Fsp3) is 0.304. The van der Waals surface area contributed by atoms with Gasteiger partial charge in [0.2, 0.25) is 11.8 Å². The third-order valence-corrected chi connectivity index (χ3v) is 4.82. The van der Waals surface area contributed by atoms with E-state index in [0.717, 1.165) is 25.0 Å². The lowest BCUT2D eigenvalue weighted by molar-refractivity contribution is -0.115. The molecule has 6 heteroatoms. The molecule has 150 valence electrons. The summed E-state index contributed by atoms with van der Waals surface area (Å²) in [6.07, 6.45) is 2.40. The summed E-state index contributed by atoms with van der Waals surface area (Å²) in [4.78, 5) is 17.0. The molecular weight excluding hydrogens is 368 g/mol. The van der Waals surface area contributed by atoms with E-state index in [-0.39, 0.29) is 18.4 Å². The van der Waals surface area contributed by atoms with E-state index in [1.165, 1.54) is 0 Å². The van der Waals surface area contributed by atoms with E-state index < -0.39 is 0 Å². The van der Waals surface area contributed by atoms with E-state index in [1.54, 1.807) is 0 Å². The van der Waals surface area contributed by atoms with Crippen LogP contribution in [0.3, 0.4) is 0 Å². The Labute approximate surface area is 169 Å². The van der Waals surface area contributed by atoms with E-state index >= 15 is 0 Å². The zero-order valence-corrected chi connectivity index (χ0v) is 16.4. The average Bonchev–Trinajstić information content (AvgIpc) is 3.37. The van der Waals surface area contributed by atoms with Crippen molar-refractivity contribution in [2.45, 2.75) is 32.3 Å². The van der Waals surface area contributed by atoms with Gasteiger partial charge in [-0.15, -0.1) is 0 Å². The van der Waals surface area contributed by atoms with Crippen molar-refractivity contribution in [2.75, 3.05) is 18.5 Å². The van der Waals surface area contributed by atoms with Crippen LogP contribution in [0, 0.1) is 6.92 Å². The topological polar surface area (TPSA) is 73.6 Å². The van der Waals surface area contributed by atoms with Crippen molar-refractivity contribution in [3.8, 4) is 17.2 Å². The summed E-state index contributed by atoms with van der Waals surface area (Å²) in [6, 6.07) is 17.0. The standard InChI is InChI=1S/C23H24N2O4/c1-16-21(25-23(29-16)17-7-3-2-4-8-17)14-22(26)24-18-9-5-10-19(13-18)28-15-20-11-6-12-27-20/h2-5,7-10,13,20H,6,11-12,14-15H2,1H3,(H,24,26). The van der Waals surface area contributed by atoms with Crippen molar-refractivity contribution in [1.82, 2.24) is 4.98 Å². The van der Waals surface area contributed by atoms with Gasteiger partial charge in [-0.1, -0.05) is 24.3 Å². The van der Waals surface area contributed by atoms with Crippen LogP contribution in [0.1, 0.15) is 24.3 Å². The number of hydrogen-bond donors (Lipinski definition) is 1. The molecule has 1 aliphatic heterocycles. The first-order valence-electron chi connectivity index (χ1n) is 9.83. The second-order valence-electron chi connectivity index (χ2n) is 7.09. The van der Waals surface area contributed by atoms with Crippen LogP contribution in [0.25, 0.3) is 11.5 Å². The molecule has 29 heavy (non-hydrogen) atoms. The Kier molecular flexibility index (Phi) is 5.91. The molecule has 0 spiro atoms. The Morgan fingerprint density at radius 2 is 2.07 bits per heavy atom. The number of benzene rings is 2. The first-order chi connectivity index (χ1) is 14.2. The minimum absolute atomic E-state index is 0.142. The number of anilines is 1. The summed E-state index contributed by atoms with van der Waals surface area (Å²) in [5, 5.41) is 2.90. The number of ether oxygens (including phenoxy) is 2. The summed E-state index contributed by atoms with van der Waals surface area (Å²) < 4.78 is 17.1. The maximum Gasteiger partial charge on any atom is 0.230 e. The molecule has 3 aromatic rings.